The molecule has 137 heavy (non-hydrogen) atoms. The summed E-state index contributed by atoms with van der Waals surface area (Å²) >= 11 is 0. The molecular formula is C105H88N28O4. The van der Waals surface area contributed by atoms with E-state index in [1.807, 2.05) is 276 Å². The number of anilines is 4. The van der Waals surface area contributed by atoms with E-state index >= 15 is 0 Å². The Kier molecular flexibility index (Phi) is 22.9. The predicted octanol–water partition coefficient (Wildman–Crippen LogP) is 18.9. The van der Waals surface area contributed by atoms with Gasteiger partial charge in [0.1, 0.15) is 34.7 Å². The predicted molar refractivity (Wildman–Crippen MR) is 535 cm³/mol. The van der Waals surface area contributed by atoms with Crippen molar-refractivity contribution in [1.29, 1.82) is 0 Å². The molecule has 0 unspecified atom stereocenters. The van der Waals surface area contributed by atoms with Crippen molar-refractivity contribution in [2.45, 2.75) is 77.7 Å². The van der Waals surface area contributed by atoms with Gasteiger partial charge in [-0.3, -0.25) is 47.5 Å². The number of imidazole rings is 4. The number of hydrogen-bond donors (Lipinski definition) is 8. The Bertz CT molecular complexity index is 8670. The molecule has 1 aliphatic rings. The summed E-state index contributed by atoms with van der Waals surface area (Å²) in [6, 6.07) is 73.9. The minimum absolute atomic E-state index is 0.0547. The van der Waals surface area contributed by atoms with Gasteiger partial charge in [0, 0.05) is 119 Å². The van der Waals surface area contributed by atoms with E-state index in [4.69, 9.17) is 0 Å². The monoisotopic (exact) mass is 1800 g/mol. The van der Waals surface area contributed by atoms with Crippen molar-refractivity contribution in [3.8, 4) is 56.1 Å². The molecule has 0 saturated heterocycles. The van der Waals surface area contributed by atoms with E-state index in [0.717, 1.165) is 146 Å². The van der Waals surface area contributed by atoms with Crippen LogP contribution in [0.5, 0.6) is 0 Å². The Morgan fingerprint density at radius 2 is 0.810 bits per heavy atom. The number of H-pyrrole nitrogens is 4. The summed E-state index contributed by atoms with van der Waals surface area (Å²) in [5.74, 6) is 2.60. The number of nitrogens with zero attached hydrogens (tertiary/aromatic N) is 20. The lowest BCUT2D eigenvalue weighted by atomic mass is 9.98. The van der Waals surface area contributed by atoms with Gasteiger partial charge in [-0.25, -0.2) is 54.5 Å². The molecular weight excluding hydrogens is 1720 g/mol. The number of rotatable bonds is 20. The molecule has 4 atom stereocenters. The molecule has 1 fully saturated rings. The van der Waals surface area contributed by atoms with Gasteiger partial charge in [0.2, 0.25) is 0 Å². The van der Waals surface area contributed by atoms with Crippen LogP contribution in [-0.2, 0) is 7.05 Å². The Morgan fingerprint density at radius 3 is 1.28 bits per heavy atom. The smallest absolute Gasteiger partial charge is 0.265 e. The molecule has 1 aliphatic carbocycles. The van der Waals surface area contributed by atoms with E-state index in [2.05, 4.69) is 136 Å². The topological polar surface area (TPSA) is 390 Å². The lowest BCUT2D eigenvalue weighted by molar-refractivity contribution is 0.636. The fourth-order valence-corrected chi connectivity index (χ4v) is 17.9. The number of hydrogen-bond acceptors (Lipinski definition) is 22. The maximum atomic E-state index is 14.2. The number of aryl methyl sites for hydroxylation is 2. The second-order valence-corrected chi connectivity index (χ2v) is 33.5. The number of pyridine rings is 8. The first-order valence-electron chi connectivity index (χ1n) is 44.7. The van der Waals surface area contributed by atoms with E-state index in [9.17, 15) is 19.2 Å². The highest BCUT2D eigenvalue weighted by molar-refractivity contribution is 6.00. The summed E-state index contributed by atoms with van der Waals surface area (Å²) in [6.07, 6.45) is 27.6. The second kappa shape index (κ2) is 36.8. The van der Waals surface area contributed by atoms with Crippen molar-refractivity contribution in [1.82, 2.24) is 118 Å². The lowest BCUT2D eigenvalue weighted by Crippen LogP contribution is -2.26. The average molecular weight is 1810 g/mol. The van der Waals surface area contributed by atoms with Gasteiger partial charge in [-0.1, -0.05) is 127 Å². The Balaban J connectivity index is 0.000000109. The van der Waals surface area contributed by atoms with Crippen LogP contribution in [0.15, 0.2) is 343 Å². The van der Waals surface area contributed by atoms with Crippen molar-refractivity contribution < 1.29 is 0 Å². The van der Waals surface area contributed by atoms with Gasteiger partial charge in [-0.15, -0.1) is 0 Å². The molecule has 672 valence electrons. The van der Waals surface area contributed by atoms with Crippen LogP contribution in [0.3, 0.4) is 0 Å². The number of aromatic amines is 4. The average Bonchev–Trinajstić information content (AvgIpc) is 1.52. The van der Waals surface area contributed by atoms with Crippen molar-refractivity contribution in [3.63, 3.8) is 0 Å². The third kappa shape index (κ3) is 16.7. The van der Waals surface area contributed by atoms with E-state index in [1.54, 1.807) is 79.4 Å². The van der Waals surface area contributed by atoms with Crippen LogP contribution in [0.4, 0.5) is 23.3 Å². The molecule has 24 rings (SSSR count). The Morgan fingerprint density at radius 1 is 0.365 bits per heavy atom. The van der Waals surface area contributed by atoms with Crippen molar-refractivity contribution in [2.75, 3.05) is 21.3 Å². The molecule has 0 spiro atoms. The highest BCUT2D eigenvalue weighted by Gasteiger charge is 2.32. The Labute approximate surface area is 780 Å². The first-order chi connectivity index (χ1) is 67.1. The summed E-state index contributed by atoms with van der Waals surface area (Å²) < 4.78 is 10.8. The van der Waals surface area contributed by atoms with Crippen LogP contribution in [0.25, 0.3) is 144 Å². The fraction of sp³-hybridized carbons (Fsp3) is 0.124. The van der Waals surface area contributed by atoms with Gasteiger partial charge in [-0.2, -0.15) is 10.2 Å². The van der Waals surface area contributed by atoms with Crippen LogP contribution in [0, 0.1) is 6.92 Å². The third-order valence-corrected chi connectivity index (χ3v) is 24.6. The fourth-order valence-electron chi connectivity index (χ4n) is 17.9. The summed E-state index contributed by atoms with van der Waals surface area (Å²) in [5, 5.41) is 28.7. The third-order valence-electron chi connectivity index (χ3n) is 24.6. The quantitative estimate of drug-likeness (QED) is 0.0351. The molecule has 16 heterocycles. The molecule has 0 amide bonds. The minimum atomic E-state index is -0.257. The minimum Gasteiger partial charge on any atom is -0.360 e. The number of aromatic nitrogens is 24. The van der Waals surface area contributed by atoms with Crippen molar-refractivity contribution in [2.24, 2.45) is 7.05 Å². The number of para-hydroxylation sites is 3. The van der Waals surface area contributed by atoms with Crippen LogP contribution >= 0.6 is 0 Å². The largest absolute Gasteiger partial charge is 0.360 e. The molecule has 0 radical (unpaired) electrons. The standard InChI is InChI=1S/C28H23N7O.C28H22N6O.C25H20N8O.C24H23N7O/c1-17-11-12-20(14-29-17)22-10-6-7-19-13-23(35(28(36)24(19)22)21-8-4-3-5-9-21)18(2)34-27-25-26(31-15-30-25)32-16-33-27;1-18(33-27-26-23(12-15-30-27)31-17-32-26)24-16-20-6-5-9-22(19-10-13-29-14-11-19)25(20)28(35)34(24)21-7-3-2-4-8-21;1-16(31-24-22-23(27-14-26-22)28-15-29-24)20-13-17-7-5-10-19(32-12-6-11-30-32)21(17)25(34)33(20)18-8-3-2-4-9-18;1-14(29-23-22-19(8-9-25-23)26-13-27-22)20-10-15-4-3-5-18(16-11-28-30(2)12-16)21(15)24(32)31(20)17-6-7-17/h3-16,18H,1-2H3,(H2,30,31,32,33,34);2-18H,1H3,(H,30,33)(H,31,32);2-16H,1H3,(H2,26,27,28,29,31);3-5,8-14,17H,6-7H2,1-2H3,(H,25,29)(H,26,27)/t2*18-;16-;14-/m0101/s1. The van der Waals surface area contributed by atoms with Crippen LogP contribution in [-0.4, -0.2) is 118 Å². The highest BCUT2D eigenvalue weighted by atomic mass is 16.1. The van der Waals surface area contributed by atoms with Gasteiger partial charge in [0.15, 0.2) is 34.6 Å². The molecule has 0 aliphatic heterocycles. The molecule has 0 bridgehead atoms. The van der Waals surface area contributed by atoms with Gasteiger partial charge in [0.05, 0.1) is 93.9 Å². The van der Waals surface area contributed by atoms with Gasteiger partial charge in [-0.05, 0) is 194 Å². The normalized spacial score (nSPS) is 12.8. The summed E-state index contributed by atoms with van der Waals surface area (Å²) in [4.78, 5) is 121. The van der Waals surface area contributed by atoms with Crippen molar-refractivity contribution >= 4 is 111 Å². The molecule has 16 aromatic heterocycles. The maximum absolute atomic E-state index is 14.2. The Hall–Kier alpha value is -18.4. The number of benzene rings is 7. The first kappa shape index (κ1) is 85.4. The molecule has 8 N–H and O–H groups in total. The van der Waals surface area contributed by atoms with Gasteiger partial charge in [0.25, 0.3) is 22.2 Å². The number of nitrogens with one attached hydrogen (secondary N) is 8. The zero-order valence-corrected chi connectivity index (χ0v) is 75.0. The summed E-state index contributed by atoms with van der Waals surface area (Å²) in [5.41, 5.74) is 18.6. The van der Waals surface area contributed by atoms with Crippen LogP contribution in [0.2, 0.25) is 0 Å². The zero-order chi connectivity index (χ0) is 93.3. The van der Waals surface area contributed by atoms with Crippen LogP contribution in [0.1, 0.15) is 99.2 Å². The highest BCUT2D eigenvalue weighted by Crippen LogP contribution is 2.41. The molecule has 32 nitrogen and oxygen atoms in total. The maximum Gasteiger partial charge on any atom is 0.265 e. The molecule has 23 aromatic rings. The SMILES string of the molecule is C[C@@H](Nc1nccc2[nH]cnc12)c1cc2cccc(-c3ccncc3)c2c(=O)n1-c1ccccc1.C[C@@H](Nc1nccc2[nH]cnc12)c1cc2cccc(-c3cnn(C)c3)c2c(=O)n1C1CC1.C[C@H](Nc1ncnc2nc[nH]c12)c1cc2cccc(-n3cccn3)c2c(=O)n1-c1ccccc1.Cc1ccc(-c2cccc3cc([C@H](C)Nc4ncnc5nc[nH]c45)n(-c4ccccc4)c(=O)c23)cn1. The van der Waals surface area contributed by atoms with E-state index < -0.39 is 0 Å². The van der Waals surface area contributed by atoms with E-state index in [-0.39, 0.29) is 52.4 Å². The lowest BCUT2D eigenvalue weighted by Gasteiger charge is -2.22. The molecule has 1 saturated carbocycles. The van der Waals surface area contributed by atoms with Gasteiger partial charge >= 0.3 is 0 Å². The summed E-state index contributed by atoms with van der Waals surface area (Å²) in [7, 11) is 1.89. The first-order valence-corrected chi connectivity index (χ1v) is 44.7. The molecule has 7 aromatic carbocycles. The van der Waals surface area contributed by atoms with Gasteiger partial charge < -0.3 is 45.8 Å². The number of fused-ring (bicyclic) bond motifs is 8. The zero-order valence-electron chi connectivity index (χ0n) is 75.0. The van der Waals surface area contributed by atoms with E-state index in [1.165, 1.54) is 12.7 Å². The summed E-state index contributed by atoms with van der Waals surface area (Å²) in [6.45, 7) is 10.1. The second-order valence-electron chi connectivity index (χ2n) is 33.5. The van der Waals surface area contributed by atoms with Crippen LogP contribution < -0.4 is 43.5 Å². The van der Waals surface area contributed by atoms with Crippen molar-refractivity contribution in [3.05, 3.63) is 394 Å². The van der Waals surface area contributed by atoms with E-state index in [0.29, 0.717) is 61.8 Å². The molecule has 32 heteroatoms.